The molecule has 2 aliphatic rings. The highest BCUT2D eigenvalue weighted by atomic mass is 32.1. The lowest BCUT2D eigenvalue weighted by Gasteiger charge is -2.37. The molecular weight excluding hydrogens is 192 g/mol. The maximum absolute atomic E-state index is 3.55. The van der Waals surface area contributed by atoms with Crippen molar-refractivity contribution in [1.29, 1.82) is 0 Å². The largest absolute Gasteiger partial charge is 0.383 e. The van der Waals surface area contributed by atoms with E-state index in [-0.39, 0.29) is 0 Å². The summed E-state index contributed by atoms with van der Waals surface area (Å²) in [5.41, 5.74) is 3.47. The van der Waals surface area contributed by atoms with Gasteiger partial charge >= 0.3 is 0 Å². The van der Waals surface area contributed by atoms with Crippen LogP contribution in [-0.2, 0) is 5.41 Å². The lowest BCUT2D eigenvalue weighted by Crippen LogP contribution is -2.41. The SMILES string of the molecule is CN1CCC2(CC1)CNc1cscc12. The number of rotatable bonds is 0. The van der Waals surface area contributed by atoms with Crippen LogP contribution in [0.5, 0.6) is 0 Å². The molecular formula is C11H16N2S. The summed E-state index contributed by atoms with van der Waals surface area (Å²) in [4.78, 5) is 2.44. The van der Waals surface area contributed by atoms with E-state index in [1.807, 2.05) is 11.3 Å². The Morgan fingerprint density at radius 3 is 2.93 bits per heavy atom. The first kappa shape index (κ1) is 8.74. The van der Waals surface area contributed by atoms with Crippen LogP contribution in [0.3, 0.4) is 0 Å². The standard InChI is InChI=1S/C11H16N2S/c1-13-4-2-11(3-5-13)8-12-10-7-14-6-9(10)11/h6-7,12H,2-5,8H2,1H3. The molecule has 0 unspecified atom stereocenters. The number of nitrogens with one attached hydrogen (secondary N) is 1. The fourth-order valence-corrected chi connectivity index (χ4v) is 3.62. The topological polar surface area (TPSA) is 15.3 Å². The molecule has 1 aromatic rings. The molecule has 1 N–H and O–H groups in total. The Hall–Kier alpha value is -0.540. The van der Waals surface area contributed by atoms with Crippen LogP contribution in [0, 0.1) is 0 Å². The van der Waals surface area contributed by atoms with Gasteiger partial charge in [-0.25, -0.2) is 0 Å². The van der Waals surface area contributed by atoms with E-state index in [2.05, 4.69) is 28.0 Å². The van der Waals surface area contributed by atoms with Crippen molar-refractivity contribution in [3.05, 3.63) is 16.3 Å². The zero-order chi connectivity index (χ0) is 9.60. The van der Waals surface area contributed by atoms with Crippen LogP contribution in [0.2, 0.25) is 0 Å². The van der Waals surface area contributed by atoms with Crippen LogP contribution < -0.4 is 5.32 Å². The van der Waals surface area contributed by atoms with Crippen LogP contribution >= 0.6 is 11.3 Å². The first-order valence-corrected chi connectivity index (χ1v) is 6.24. The van der Waals surface area contributed by atoms with Crippen molar-refractivity contribution in [2.45, 2.75) is 18.3 Å². The zero-order valence-corrected chi connectivity index (χ0v) is 9.36. The van der Waals surface area contributed by atoms with E-state index in [1.165, 1.54) is 38.2 Å². The van der Waals surface area contributed by atoms with E-state index in [0.29, 0.717) is 5.41 Å². The minimum atomic E-state index is 0.474. The van der Waals surface area contributed by atoms with Crippen LogP contribution in [0.15, 0.2) is 10.8 Å². The Bertz CT molecular complexity index is 337. The van der Waals surface area contributed by atoms with Crippen LogP contribution in [-0.4, -0.2) is 31.6 Å². The Morgan fingerprint density at radius 1 is 1.36 bits per heavy atom. The molecule has 0 atom stereocenters. The molecule has 0 amide bonds. The summed E-state index contributed by atoms with van der Waals surface area (Å²) in [6.45, 7) is 3.66. The highest BCUT2D eigenvalue weighted by Gasteiger charge is 2.41. The average Bonchev–Trinajstić information content (AvgIpc) is 2.75. The number of likely N-dealkylation sites (tertiary alicyclic amines) is 1. The first-order chi connectivity index (χ1) is 6.80. The lowest BCUT2D eigenvalue weighted by atomic mass is 9.75. The smallest absolute Gasteiger partial charge is 0.0488 e. The molecule has 1 saturated heterocycles. The second-order valence-electron chi connectivity index (χ2n) is 4.64. The van der Waals surface area contributed by atoms with Gasteiger partial charge in [-0.2, -0.15) is 0 Å². The fourth-order valence-electron chi connectivity index (χ4n) is 2.70. The third-order valence-corrected chi connectivity index (χ3v) is 4.54. The Labute approximate surface area is 88.9 Å². The van der Waals surface area contributed by atoms with E-state index in [1.54, 1.807) is 5.56 Å². The molecule has 0 bridgehead atoms. The van der Waals surface area contributed by atoms with Crippen molar-refractivity contribution < 1.29 is 0 Å². The van der Waals surface area contributed by atoms with Crippen molar-refractivity contribution in [2.75, 3.05) is 32.0 Å². The quantitative estimate of drug-likeness (QED) is 0.702. The fraction of sp³-hybridized carbons (Fsp3) is 0.636. The number of piperidine rings is 1. The highest BCUT2D eigenvalue weighted by Crippen LogP contribution is 2.45. The second-order valence-corrected chi connectivity index (χ2v) is 5.38. The zero-order valence-electron chi connectivity index (χ0n) is 8.55. The number of anilines is 1. The van der Waals surface area contributed by atoms with E-state index in [9.17, 15) is 0 Å². The molecule has 3 rings (SSSR count). The Kier molecular flexibility index (Phi) is 1.86. The minimum Gasteiger partial charge on any atom is -0.383 e. The van der Waals surface area contributed by atoms with Gasteiger partial charge in [0.2, 0.25) is 0 Å². The molecule has 1 aromatic heterocycles. The molecule has 2 aliphatic heterocycles. The average molecular weight is 208 g/mol. The van der Waals surface area contributed by atoms with Gasteiger partial charge in [-0.15, -0.1) is 11.3 Å². The van der Waals surface area contributed by atoms with Crippen LogP contribution in [0.1, 0.15) is 18.4 Å². The number of hydrogen-bond donors (Lipinski definition) is 1. The van der Waals surface area contributed by atoms with Crippen molar-refractivity contribution in [3.63, 3.8) is 0 Å². The van der Waals surface area contributed by atoms with Gasteiger partial charge in [0.25, 0.3) is 0 Å². The summed E-state index contributed by atoms with van der Waals surface area (Å²) < 4.78 is 0. The maximum Gasteiger partial charge on any atom is 0.0488 e. The predicted molar refractivity (Wildman–Crippen MR) is 61.2 cm³/mol. The molecule has 3 heterocycles. The second kappa shape index (κ2) is 2.97. The maximum atomic E-state index is 3.55. The summed E-state index contributed by atoms with van der Waals surface area (Å²) in [7, 11) is 2.23. The molecule has 0 aromatic carbocycles. The summed E-state index contributed by atoms with van der Waals surface area (Å²) in [6, 6.07) is 0. The van der Waals surface area contributed by atoms with Gasteiger partial charge in [0.15, 0.2) is 0 Å². The van der Waals surface area contributed by atoms with Crippen LogP contribution in [0.25, 0.3) is 0 Å². The van der Waals surface area contributed by atoms with Crippen LogP contribution in [0.4, 0.5) is 5.69 Å². The molecule has 14 heavy (non-hydrogen) atoms. The van der Waals surface area contributed by atoms with Gasteiger partial charge in [0, 0.05) is 23.0 Å². The van der Waals surface area contributed by atoms with Gasteiger partial charge in [-0.3, -0.25) is 0 Å². The van der Waals surface area contributed by atoms with Gasteiger partial charge < -0.3 is 10.2 Å². The molecule has 1 fully saturated rings. The minimum absolute atomic E-state index is 0.474. The molecule has 1 spiro atoms. The highest BCUT2D eigenvalue weighted by molar-refractivity contribution is 7.08. The number of nitrogens with zero attached hydrogens (tertiary/aromatic N) is 1. The summed E-state index contributed by atoms with van der Waals surface area (Å²) in [6.07, 6.45) is 2.64. The summed E-state index contributed by atoms with van der Waals surface area (Å²) in [5.74, 6) is 0. The molecule has 2 nitrogen and oxygen atoms in total. The number of hydrogen-bond acceptors (Lipinski definition) is 3. The van der Waals surface area contributed by atoms with E-state index in [0.717, 1.165) is 0 Å². The van der Waals surface area contributed by atoms with Crippen molar-refractivity contribution in [2.24, 2.45) is 0 Å². The van der Waals surface area contributed by atoms with E-state index >= 15 is 0 Å². The third kappa shape index (κ3) is 1.12. The van der Waals surface area contributed by atoms with E-state index < -0.39 is 0 Å². The van der Waals surface area contributed by atoms with E-state index in [4.69, 9.17) is 0 Å². The normalized spacial score (nSPS) is 24.9. The number of thiophene rings is 1. The molecule has 0 aliphatic carbocycles. The molecule has 76 valence electrons. The first-order valence-electron chi connectivity index (χ1n) is 5.29. The lowest BCUT2D eigenvalue weighted by molar-refractivity contribution is 0.200. The summed E-state index contributed by atoms with van der Waals surface area (Å²) in [5, 5.41) is 8.15. The third-order valence-electron chi connectivity index (χ3n) is 3.79. The van der Waals surface area contributed by atoms with Gasteiger partial charge in [0.05, 0.1) is 0 Å². The molecule has 0 saturated carbocycles. The number of fused-ring (bicyclic) bond motifs is 2. The van der Waals surface area contributed by atoms with Crippen molar-refractivity contribution in [3.8, 4) is 0 Å². The Morgan fingerprint density at radius 2 is 2.14 bits per heavy atom. The van der Waals surface area contributed by atoms with Gasteiger partial charge in [0.1, 0.15) is 0 Å². The Balaban J connectivity index is 1.92. The van der Waals surface area contributed by atoms with Crippen molar-refractivity contribution in [1.82, 2.24) is 4.90 Å². The molecule has 3 heteroatoms. The van der Waals surface area contributed by atoms with Gasteiger partial charge in [-0.1, -0.05) is 0 Å². The summed E-state index contributed by atoms with van der Waals surface area (Å²) >= 11 is 1.83. The monoisotopic (exact) mass is 208 g/mol. The van der Waals surface area contributed by atoms with Crippen molar-refractivity contribution >= 4 is 17.0 Å². The van der Waals surface area contributed by atoms with Gasteiger partial charge in [-0.05, 0) is 43.9 Å². The molecule has 0 radical (unpaired) electrons. The predicted octanol–water partition coefficient (Wildman–Crippen LogP) is 2.14.